The van der Waals surface area contributed by atoms with E-state index in [0.29, 0.717) is 30.0 Å². The van der Waals surface area contributed by atoms with Crippen molar-refractivity contribution in [2.45, 2.75) is 51.4 Å². The van der Waals surface area contributed by atoms with Crippen LogP contribution in [0.2, 0.25) is 0 Å². The number of fused-ring (bicyclic) bond motifs is 5. The van der Waals surface area contributed by atoms with Gasteiger partial charge >= 0.3 is 51.4 Å². The van der Waals surface area contributed by atoms with Crippen molar-refractivity contribution in [3.8, 4) is 5.75 Å². The number of ketones is 1. The summed E-state index contributed by atoms with van der Waals surface area (Å²) < 4.78 is 36.8. The molecule has 2 fully saturated rings. The minimum Gasteiger partial charge on any atom is -0.716 e. The van der Waals surface area contributed by atoms with Crippen LogP contribution in [0.3, 0.4) is 0 Å². The van der Waals surface area contributed by atoms with E-state index in [4.69, 9.17) is 0 Å². The Labute approximate surface area is 191 Å². The van der Waals surface area contributed by atoms with Crippen LogP contribution >= 0.6 is 0 Å². The van der Waals surface area contributed by atoms with Crippen molar-refractivity contribution in [2.75, 3.05) is 0 Å². The van der Waals surface area contributed by atoms with Gasteiger partial charge in [0.1, 0.15) is 11.5 Å². The molecule has 0 aromatic heterocycles. The Balaban J connectivity index is 0.00000182. The topological polar surface area (TPSA) is 83.5 Å². The summed E-state index contributed by atoms with van der Waals surface area (Å²) in [6, 6.07) is 5.17. The molecular weight excluding hydrogens is 367 g/mol. The van der Waals surface area contributed by atoms with Gasteiger partial charge in [-0.3, -0.25) is 4.79 Å². The van der Waals surface area contributed by atoms with E-state index in [1.54, 1.807) is 12.1 Å². The van der Waals surface area contributed by atoms with E-state index in [1.165, 1.54) is 5.56 Å². The van der Waals surface area contributed by atoms with Gasteiger partial charge in [-0.2, -0.15) is 0 Å². The molecule has 5 nitrogen and oxygen atoms in total. The van der Waals surface area contributed by atoms with Crippen molar-refractivity contribution in [3.05, 3.63) is 29.3 Å². The van der Waals surface area contributed by atoms with Crippen LogP contribution in [0.4, 0.5) is 0 Å². The average molecular weight is 389 g/mol. The molecule has 1 aromatic carbocycles. The van der Waals surface area contributed by atoms with Gasteiger partial charge in [-0.15, -0.1) is 0 Å². The Bertz CT molecular complexity index is 806. The number of aryl methyl sites for hydroxylation is 1. The smallest absolute Gasteiger partial charge is 0.716 e. The Morgan fingerprint density at radius 1 is 1.20 bits per heavy atom. The van der Waals surface area contributed by atoms with Gasteiger partial charge in [0.15, 0.2) is 0 Å². The van der Waals surface area contributed by atoms with Crippen LogP contribution in [0, 0.1) is 17.3 Å². The van der Waals surface area contributed by atoms with Crippen molar-refractivity contribution in [1.29, 1.82) is 0 Å². The quantitative estimate of drug-likeness (QED) is 0.403. The van der Waals surface area contributed by atoms with E-state index < -0.39 is 10.4 Å². The fourth-order valence-corrected chi connectivity index (χ4v) is 5.84. The SMILES string of the molecule is CC12CCC3c4ccc(OS(=O)(=O)[O-])cc4CCC3C1CCC2=O.[K+]. The maximum atomic E-state index is 12.3. The molecule has 0 N–H and O–H groups in total. The fraction of sp³-hybridized carbons (Fsp3) is 0.611. The molecule has 0 saturated heterocycles. The zero-order chi connectivity index (χ0) is 17.1. The third-order valence-electron chi connectivity index (χ3n) is 6.61. The summed E-state index contributed by atoms with van der Waals surface area (Å²) in [5.41, 5.74) is 2.17. The zero-order valence-electron chi connectivity index (χ0n) is 14.7. The minimum absolute atomic E-state index is 0. The number of benzene rings is 1. The maximum absolute atomic E-state index is 12.3. The minimum atomic E-state index is -4.74. The molecule has 0 aliphatic heterocycles. The van der Waals surface area contributed by atoms with Crippen LogP contribution in [0.25, 0.3) is 0 Å². The summed E-state index contributed by atoms with van der Waals surface area (Å²) in [7, 11) is -4.74. The molecule has 25 heavy (non-hydrogen) atoms. The number of hydrogen-bond acceptors (Lipinski definition) is 5. The summed E-state index contributed by atoms with van der Waals surface area (Å²) in [5, 5.41) is 0. The third-order valence-corrected chi connectivity index (χ3v) is 7.00. The summed E-state index contributed by atoms with van der Waals surface area (Å²) in [6.45, 7) is 2.15. The molecule has 0 spiro atoms. The number of Topliss-reactive ketones (excluding diaryl/α,β-unsaturated/α-hetero) is 1. The van der Waals surface area contributed by atoms with Crippen molar-refractivity contribution in [1.82, 2.24) is 0 Å². The van der Waals surface area contributed by atoms with Crippen LogP contribution in [-0.2, 0) is 21.6 Å². The first kappa shape index (κ1) is 20.0. The molecule has 3 aliphatic carbocycles. The van der Waals surface area contributed by atoms with Crippen molar-refractivity contribution in [2.24, 2.45) is 17.3 Å². The largest absolute Gasteiger partial charge is 1.00 e. The summed E-state index contributed by atoms with van der Waals surface area (Å²) >= 11 is 0. The van der Waals surface area contributed by atoms with E-state index in [9.17, 15) is 17.8 Å². The standard InChI is InChI=1S/C18H22O5S.K/c1-18-9-8-14-13-5-3-12(23-24(20,21)22)10-11(13)2-4-15(14)16(18)6-7-17(18)19;/h3,5,10,14-16H,2,4,6-9H2,1H3,(H,20,21,22);/q;+1/p-1. The van der Waals surface area contributed by atoms with Crippen LogP contribution in [0.5, 0.6) is 5.75 Å². The normalized spacial score (nSPS) is 33.7. The van der Waals surface area contributed by atoms with Gasteiger partial charge in [0, 0.05) is 11.8 Å². The van der Waals surface area contributed by atoms with E-state index in [2.05, 4.69) is 11.1 Å². The van der Waals surface area contributed by atoms with E-state index in [-0.39, 0.29) is 62.5 Å². The molecule has 0 radical (unpaired) electrons. The molecule has 4 rings (SSSR count). The molecule has 130 valence electrons. The van der Waals surface area contributed by atoms with E-state index in [1.807, 2.05) is 6.07 Å². The molecule has 1 aromatic rings. The molecule has 2 saturated carbocycles. The van der Waals surface area contributed by atoms with Crippen LogP contribution in [0.15, 0.2) is 18.2 Å². The van der Waals surface area contributed by atoms with Gasteiger partial charge < -0.3 is 8.74 Å². The Morgan fingerprint density at radius 2 is 1.96 bits per heavy atom. The fourth-order valence-electron chi connectivity index (χ4n) is 5.50. The number of hydrogen-bond donors (Lipinski definition) is 0. The van der Waals surface area contributed by atoms with E-state index in [0.717, 1.165) is 37.7 Å². The Hall–Kier alpha value is 0.236. The van der Waals surface area contributed by atoms with Gasteiger partial charge in [-0.25, -0.2) is 8.42 Å². The molecule has 4 unspecified atom stereocenters. The summed E-state index contributed by atoms with van der Waals surface area (Å²) in [5.74, 6) is 1.95. The van der Waals surface area contributed by atoms with Crippen LogP contribution < -0.4 is 55.6 Å². The Morgan fingerprint density at radius 3 is 2.68 bits per heavy atom. The second-order valence-corrected chi connectivity index (χ2v) is 8.67. The molecular formula is C18H21KO5S. The first-order chi connectivity index (χ1) is 11.3. The van der Waals surface area contributed by atoms with Crippen LogP contribution in [0.1, 0.15) is 56.1 Å². The number of carbonyl (C=O) groups is 1. The molecule has 0 heterocycles. The van der Waals surface area contributed by atoms with Crippen molar-refractivity contribution >= 4 is 16.2 Å². The van der Waals surface area contributed by atoms with Crippen molar-refractivity contribution < 1.29 is 73.3 Å². The number of carbonyl (C=O) groups excluding carboxylic acids is 1. The second-order valence-electron chi connectivity index (χ2n) is 7.69. The monoisotopic (exact) mass is 388 g/mol. The maximum Gasteiger partial charge on any atom is 1.00 e. The third kappa shape index (κ3) is 3.53. The summed E-state index contributed by atoms with van der Waals surface area (Å²) in [4.78, 5) is 12.3. The average Bonchev–Trinajstić information content (AvgIpc) is 2.81. The summed E-state index contributed by atoms with van der Waals surface area (Å²) in [6.07, 6.45) is 5.50. The molecule has 4 atom stereocenters. The zero-order valence-corrected chi connectivity index (χ0v) is 18.6. The van der Waals surface area contributed by atoms with Gasteiger partial charge in [0.05, 0.1) is 0 Å². The van der Waals surface area contributed by atoms with Gasteiger partial charge in [-0.05, 0) is 73.1 Å². The first-order valence-corrected chi connectivity index (χ1v) is 9.93. The second kappa shape index (κ2) is 7.00. The van der Waals surface area contributed by atoms with Gasteiger partial charge in [0.25, 0.3) is 10.4 Å². The molecule has 0 bridgehead atoms. The predicted octanol–water partition coefficient (Wildman–Crippen LogP) is -0.0452. The first-order valence-electron chi connectivity index (χ1n) is 8.59. The predicted molar refractivity (Wildman–Crippen MR) is 86.4 cm³/mol. The number of rotatable bonds is 2. The van der Waals surface area contributed by atoms with Crippen LogP contribution in [-0.4, -0.2) is 18.8 Å². The van der Waals surface area contributed by atoms with E-state index >= 15 is 0 Å². The van der Waals surface area contributed by atoms with Gasteiger partial charge in [-0.1, -0.05) is 13.0 Å². The van der Waals surface area contributed by atoms with Gasteiger partial charge in [0.2, 0.25) is 0 Å². The molecule has 0 amide bonds. The molecule has 7 heteroatoms. The Kier molecular flexibility index (Phi) is 5.60. The molecule has 3 aliphatic rings. The van der Waals surface area contributed by atoms with Crippen molar-refractivity contribution in [3.63, 3.8) is 0 Å².